The molecule has 0 spiro atoms. The van der Waals surface area contributed by atoms with Crippen LogP contribution in [0.25, 0.3) is 0 Å². The van der Waals surface area contributed by atoms with Crippen LogP contribution < -0.4 is 0 Å². The van der Waals surface area contributed by atoms with E-state index in [9.17, 15) is 9.90 Å². The summed E-state index contributed by atoms with van der Waals surface area (Å²) in [5, 5.41) is 9.50. The molecule has 1 N–H and O–H groups in total. The zero-order valence-corrected chi connectivity index (χ0v) is 10.1. The first-order chi connectivity index (χ1) is 7.06. The van der Waals surface area contributed by atoms with Gasteiger partial charge in [0.15, 0.2) is 0 Å². The third-order valence-electron chi connectivity index (χ3n) is 3.74. The molecule has 0 aromatic heterocycles. The number of carbonyl (C=O) groups is 1. The molecule has 0 aliphatic heterocycles. The summed E-state index contributed by atoms with van der Waals surface area (Å²) in [6, 6.07) is 0. The fourth-order valence-corrected chi connectivity index (χ4v) is 2.97. The summed E-state index contributed by atoms with van der Waals surface area (Å²) < 4.78 is 0. The number of carboxylic acid groups (broad SMARTS) is 1. The summed E-state index contributed by atoms with van der Waals surface area (Å²) in [5.74, 6) is -0.0896. The molecule has 0 radical (unpaired) electrons. The molecule has 1 saturated carbocycles. The smallest absolute Gasteiger partial charge is 0.324 e. The zero-order chi connectivity index (χ0) is 11.5. The van der Waals surface area contributed by atoms with Crippen molar-refractivity contribution in [1.82, 2.24) is 4.90 Å². The molecule has 0 saturated heterocycles. The minimum Gasteiger partial charge on any atom is -0.480 e. The maximum Gasteiger partial charge on any atom is 0.324 e. The molecule has 1 aliphatic carbocycles. The number of likely N-dealkylation sites (N-methyl/N-ethyl adjacent to an activating group) is 1. The first kappa shape index (κ1) is 12.5. The molecule has 0 bridgehead atoms. The van der Waals surface area contributed by atoms with Gasteiger partial charge in [-0.3, -0.25) is 9.69 Å². The lowest BCUT2D eigenvalue weighted by Gasteiger charge is -2.44. The highest BCUT2D eigenvalue weighted by Crippen LogP contribution is 2.36. The van der Waals surface area contributed by atoms with Crippen molar-refractivity contribution < 1.29 is 9.90 Å². The van der Waals surface area contributed by atoms with E-state index >= 15 is 0 Å². The number of carboxylic acids is 1. The van der Waals surface area contributed by atoms with Crippen molar-refractivity contribution in [3.63, 3.8) is 0 Å². The summed E-state index contributed by atoms with van der Waals surface area (Å²) in [4.78, 5) is 13.7. The maximum absolute atomic E-state index is 11.5. The molecule has 0 aromatic rings. The minimum absolute atomic E-state index is 0.537. The fourth-order valence-electron chi connectivity index (χ4n) is 2.97. The Kier molecular flexibility index (Phi) is 4.14. The van der Waals surface area contributed by atoms with Gasteiger partial charge in [0.1, 0.15) is 5.54 Å². The minimum atomic E-state index is -0.627. The SMILES string of the molecule is CCN(CC)C1(C(=O)O)CCCC(C)C1. The Morgan fingerprint density at radius 3 is 2.47 bits per heavy atom. The van der Waals surface area contributed by atoms with E-state index in [1.807, 2.05) is 13.8 Å². The van der Waals surface area contributed by atoms with Gasteiger partial charge < -0.3 is 5.11 Å². The highest BCUT2D eigenvalue weighted by atomic mass is 16.4. The van der Waals surface area contributed by atoms with E-state index in [1.54, 1.807) is 0 Å². The van der Waals surface area contributed by atoms with Crippen LogP contribution in [0.4, 0.5) is 0 Å². The van der Waals surface area contributed by atoms with Crippen LogP contribution in [-0.4, -0.2) is 34.6 Å². The van der Waals surface area contributed by atoms with Crippen LogP contribution >= 0.6 is 0 Å². The Bertz CT molecular complexity index is 226. The highest BCUT2D eigenvalue weighted by Gasteiger charge is 2.45. The van der Waals surface area contributed by atoms with Gasteiger partial charge in [-0.2, -0.15) is 0 Å². The lowest BCUT2D eigenvalue weighted by Crippen LogP contribution is -2.56. The number of hydrogen-bond donors (Lipinski definition) is 1. The summed E-state index contributed by atoms with van der Waals surface area (Å²) in [6.07, 6.45) is 3.85. The van der Waals surface area contributed by atoms with Gasteiger partial charge in [0.05, 0.1) is 0 Å². The normalized spacial score (nSPS) is 31.9. The molecule has 2 unspecified atom stereocenters. The van der Waals surface area contributed by atoms with Crippen molar-refractivity contribution in [2.75, 3.05) is 13.1 Å². The van der Waals surface area contributed by atoms with Crippen LogP contribution in [0.15, 0.2) is 0 Å². The standard InChI is InChI=1S/C12H23NO2/c1-4-13(5-2)12(11(14)15)8-6-7-10(3)9-12/h10H,4-9H2,1-3H3,(H,14,15). The topological polar surface area (TPSA) is 40.5 Å². The molecule has 1 aliphatic rings. The summed E-state index contributed by atoms with van der Waals surface area (Å²) in [6.45, 7) is 7.92. The molecule has 0 aromatic carbocycles. The lowest BCUT2D eigenvalue weighted by molar-refractivity contribution is -0.155. The van der Waals surface area contributed by atoms with Gasteiger partial charge in [0.25, 0.3) is 0 Å². The molecule has 0 heterocycles. The molecular weight excluding hydrogens is 190 g/mol. The molecule has 0 amide bonds. The average Bonchev–Trinajstić information content (AvgIpc) is 2.19. The fraction of sp³-hybridized carbons (Fsp3) is 0.917. The summed E-state index contributed by atoms with van der Waals surface area (Å²) in [5.41, 5.74) is -0.582. The molecule has 15 heavy (non-hydrogen) atoms. The van der Waals surface area contributed by atoms with Crippen molar-refractivity contribution in [3.05, 3.63) is 0 Å². The van der Waals surface area contributed by atoms with Crippen molar-refractivity contribution >= 4 is 5.97 Å². The van der Waals surface area contributed by atoms with Crippen LogP contribution in [0.5, 0.6) is 0 Å². The number of rotatable bonds is 4. The van der Waals surface area contributed by atoms with E-state index in [2.05, 4.69) is 11.8 Å². The Hall–Kier alpha value is -0.570. The van der Waals surface area contributed by atoms with E-state index in [-0.39, 0.29) is 0 Å². The second-order valence-corrected chi connectivity index (χ2v) is 4.71. The van der Waals surface area contributed by atoms with Crippen molar-refractivity contribution in [3.8, 4) is 0 Å². The second kappa shape index (κ2) is 4.97. The second-order valence-electron chi connectivity index (χ2n) is 4.71. The Labute approximate surface area is 92.5 Å². The Morgan fingerprint density at radius 2 is 2.07 bits per heavy atom. The van der Waals surface area contributed by atoms with Gasteiger partial charge in [0, 0.05) is 0 Å². The Balaban J connectivity index is 2.90. The summed E-state index contributed by atoms with van der Waals surface area (Å²) >= 11 is 0. The molecule has 3 heteroatoms. The van der Waals surface area contributed by atoms with E-state index in [4.69, 9.17) is 0 Å². The molecule has 3 nitrogen and oxygen atoms in total. The molecule has 2 atom stereocenters. The number of nitrogens with zero attached hydrogens (tertiary/aromatic N) is 1. The van der Waals surface area contributed by atoms with Gasteiger partial charge in [-0.25, -0.2) is 0 Å². The van der Waals surface area contributed by atoms with E-state index in [0.29, 0.717) is 5.92 Å². The van der Waals surface area contributed by atoms with E-state index in [1.165, 1.54) is 6.42 Å². The van der Waals surface area contributed by atoms with Crippen LogP contribution in [0.3, 0.4) is 0 Å². The number of hydrogen-bond acceptors (Lipinski definition) is 2. The third-order valence-corrected chi connectivity index (χ3v) is 3.74. The third kappa shape index (κ3) is 2.33. The van der Waals surface area contributed by atoms with Crippen LogP contribution in [0.1, 0.15) is 46.5 Å². The zero-order valence-electron chi connectivity index (χ0n) is 10.1. The van der Waals surface area contributed by atoms with Crippen LogP contribution in [-0.2, 0) is 4.79 Å². The van der Waals surface area contributed by atoms with Crippen molar-refractivity contribution in [2.45, 2.75) is 52.0 Å². The first-order valence-electron chi connectivity index (χ1n) is 6.05. The van der Waals surface area contributed by atoms with Gasteiger partial charge in [-0.05, 0) is 31.8 Å². The molecule has 1 fully saturated rings. The van der Waals surface area contributed by atoms with Gasteiger partial charge in [-0.1, -0.05) is 33.6 Å². The van der Waals surface area contributed by atoms with Crippen molar-refractivity contribution in [1.29, 1.82) is 0 Å². The monoisotopic (exact) mass is 213 g/mol. The average molecular weight is 213 g/mol. The Morgan fingerprint density at radius 1 is 1.47 bits per heavy atom. The van der Waals surface area contributed by atoms with Crippen LogP contribution in [0.2, 0.25) is 0 Å². The van der Waals surface area contributed by atoms with Gasteiger partial charge in [0.2, 0.25) is 0 Å². The van der Waals surface area contributed by atoms with E-state index in [0.717, 1.165) is 32.4 Å². The largest absolute Gasteiger partial charge is 0.480 e. The quantitative estimate of drug-likeness (QED) is 0.779. The van der Waals surface area contributed by atoms with Crippen molar-refractivity contribution in [2.24, 2.45) is 5.92 Å². The van der Waals surface area contributed by atoms with Gasteiger partial charge in [-0.15, -0.1) is 0 Å². The highest BCUT2D eigenvalue weighted by molar-refractivity contribution is 5.79. The molecule has 1 rings (SSSR count). The van der Waals surface area contributed by atoms with E-state index < -0.39 is 11.5 Å². The lowest BCUT2D eigenvalue weighted by atomic mass is 9.75. The predicted molar refractivity (Wildman–Crippen MR) is 60.9 cm³/mol. The molecular formula is C12H23NO2. The summed E-state index contributed by atoms with van der Waals surface area (Å²) in [7, 11) is 0. The number of aliphatic carboxylic acids is 1. The van der Waals surface area contributed by atoms with Gasteiger partial charge >= 0.3 is 5.97 Å². The maximum atomic E-state index is 11.5. The van der Waals surface area contributed by atoms with Crippen LogP contribution in [0, 0.1) is 5.92 Å². The predicted octanol–water partition coefficient (Wildman–Crippen LogP) is 2.36. The molecule has 88 valence electrons. The first-order valence-corrected chi connectivity index (χ1v) is 6.05.